The molecule has 0 aliphatic carbocycles. The van der Waals surface area contributed by atoms with Crippen molar-refractivity contribution in [3.05, 3.63) is 108 Å². The molecule has 4 heteroatoms. The summed E-state index contributed by atoms with van der Waals surface area (Å²) in [5.41, 5.74) is 3.14. The van der Waals surface area contributed by atoms with Crippen LogP contribution < -0.4 is 0 Å². The molecule has 0 radical (unpaired) electrons. The molecule has 1 fully saturated rings. The van der Waals surface area contributed by atoms with Gasteiger partial charge in [-0.3, -0.25) is 0 Å². The summed E-state index contributed by atoms with van der Waals surface area (Å²) in [5.74, 6) is 6.37. The van der Waals surface area contributed by atoms with Gasteiger partial charge in [-0.25, -0.2) is 0 Å². The molecule has 1 aliphatic heterocycles. The van der Waals surface area contributed by atoms with Gasteiger partial charge in [-0.15, -0.1) is 0 Å². The van der Waals surface area contributed by atoms with Crippen LogP contribution in [0.5, 0.6) is 0 Å². The highest BCUT2D eigenvalue weighted by molar-refractivity contribution is 5.35. The Morgan fingerprint density at radius 3 is 2.03 bits per heavy atom. The topological polar surface area (TPSA) is 41.9 Å². The third-order valence-corrected chi connectivity index (χ3v) is 5.41. The average Bonchev–Trinajstić information content (AvgIpc) is 3.13. The number of hydrogen-bond donors (Lipinski definition) is 1. The molecular formula is C27H27NO3. The van der Waals surface area contributed by atoms with Gasteiger partial charge in [0.2, 0.25) is 0 Å². The van der Waals surface area contributed by atoms with Crippen molar-refractivity contribution in [2.75, 3.05) is 6.61 Å². The molecule has 1 heterocycles. The first-order valence-electron chi connectivity index (χ1n) is 10.6. The lowest BCUT2D eigenvalue weighted by Gasteiger charge is -2.24. The number of hydrogen-bond acceptors (Lipinski definition) is 4. The molecular weight excluding hydrogens is 386 g/mol. The molecule has 3 aromatic carbocycles. The van der Waals surface area contributed by atoms with E-state index in [9.17, 15) is 5.21 Å². The maximum atomic E-state index is 10.9. The van der Waals surface area contributed by atoms with Crippen molar-refractivity contribution < 1.29 is 14.7 Å². The van der Waals surface area contributed by atoms with Gasteiger partial charge in [0.15, 0.2) is 0 Å². The molecule has 0 unspecified atom stereocenters. The molecule has 0 bridgehead atoms. The molecule has 1 aliphatic rings. The van der Waals surface area contributed by atoms with E-state index in [0.29, 0.717) is 26.2 Å². The second kappa shape index (κ2) is 10.9. The van der Waals surface area contributed by atoms with E-state index in [-0.39, 0.29) is 18.2 Å². The number of rotatable bonds is 7. The van der Waals surface area contributed by atoms with E-state index in [1.807, 2.05) is 91.0 Å². The summed E-state index contributed by atoms with van der Waals surface area (Å²) in [4.78, 5) is 0. The van der Waals surface area contributed by atoms with Crippen LogP contribution in [0.1, 0.15) is 23.1 Å². The lowest BCUT2D eigenvalue weighted by molar-refractivity contribution is -0.154. The first-order chi connectivity index (χ1) is 15.3. The van der Waals surface area contributed by atoms with Crippen molar-refractivity contribution in [2.45, 2.75) is 37.8 Å². The van der Waals surface area contributed by atoms with Crippen LogP contribution in [0.25, 0.3) is 0 Å². The lowest BCUT2D eigenvalue weighted by Crippen LogP contribution is -2.40. The molecule has 1 saturated heterocycles. The molecule has 3 atom stereocenters. The molecule has 31 heavy (non-hydrogen) atoms. The Morgan fingerprint density at radius 2 is 1.39 bits per heavy atom. The maximum absolute atomic E-state index is 10.9. The highest BCUT2D eigenvalue weighted by Crippen LogP contribution is 2.26. The molecule has 0 saturated carbocycles. The largest absolute Gasteiger partial charge is 0.375 e. The van der Waals surface area contributed by atoms with Gasteiger partial charge in [0.25, 0.3) is 0 Å². The summed E-state index contributed by atoms with van der Waals surface area (Å²) in [6.07, 6.45) is 0.457. The van der Waals surface area contributed by atoms with Gasteiger partial charge < -0.3 is 14.7 Å². The van der Waals surface area contributed by atoms with Crippen LogP contribution in [0.3, 0.4) is 0 Å². The summed E-state index contributed by atoms with van der Waals surface area (Å²) < 4.78 is 12.1. The van der Waals surface area contributed by atoms with Crippen LogP contribution in [0.15, 0.2) is 91.0 Å². The van der Waals surface area contributed by atoms with Gasteiger partial charge in [-0.1, -0.05) is 90.7 Å². The summed E-state index contributed by atoms with van der Waals surface area (Å²) in [6, 6.07) is 29.3. The minimum absolute atomic E-state index is 0.170. The molecule has 4 rings (SSSR count). The SMILES string of the molecule is ON1[C@@H](C#Cc2ccccc2)C[C@@H](OCc2ccccc2)[C@@H]1COCc1ccccc1. The Kier molecular flexibility index (Phi) is 7.49. The van der Waals surface area contributed by atoms with Crippen molar-refractivity contribution >= 4 is 0 Å². The van der Waals surface area contributed by atoms with Gasteiger partial charge >= 0.3 is 0 Å². The van der Waals surface area contributed by atoms with E-state index in [4.69, 9.17) is 9.47 Å². The fraction of sp³-hybridized carbons (Fsp3) is 0.259. The molecule has 0 aromatic heterocycles. The zero-order chi connectivity index (χ0) is 21.3. The van der Waals surface area contributed by atoms with Crippen molar-refractivity contribution in [1.29, 1.82) is 0 Å². The van der Waals surface area contributed by atoms with Crippen LogP contribution in [-0.2, 0) is 22.7 Å². The van der Waals surface area contributed by atoms with Crippen molar-refractivity contribution in [3.63, 3.8) is 0 Å². The smallest absolute Gasteiger partial charge is 0.0990 e. The van der Waals surface area contributed by atoms with Crippen molar-refractivity contribution in [1.82, 2.24) is 5.06 Å². The van der Waals surface area contributed by atoms with Crippen LogP contribution in [0.2, 0.25) is 0 Å². The normalized spacial score (nSPS) is 20.9. The number of hydroxylamine groups is 2. The van der Waals surface area contributed by atoms with Gasteiger partial charge in [-0.05, 0) is 23.3 Å². The number of ether oxygens (including phenoxy) is 2. The Bertz CT molecular complexity index is 982. The van der Waals surface area contributed by atoms with Crippen molar-refractivity contribution in [2.24, 2.45) is 0 Å². The Labute approximate surface area is 184 Å². The fourth-order valence-corrected chi connectivity index (χ4v) is 3.71. The molecule has 1 N–H and O–H groups in total. The van der Waals surface area contributed by atoms with E-state index < -0.39 is 0 Å². The summed E-state index contributed by atoms with van der Waals surface area (Å²) in [6.45, 7) is 1.36. The molecule has 4 nitrogen and oxygen atoms in total. The monoisotopic (exact) mass is 413 g/mol. The van der Waals surface area contributed by atoms with E-state index in [0.717, 1.165) is 16.7 Å². The number of benzene rings is 3. The highest BCUT2D eigenvalue weighted by Gasteiger charge is 2.41. The molecule has 0 amide bonds. The van der Waals surface area contributed by atoms with E-state index in [1.54, 1.807) is 0 Å². The van der Waals surface area contributed by atoms with Crippen LogP contribution in [-0.4, -0.2) is 35.1 Å². The maximum Gasteiger partial charge on any atom is 0.0990 e. The molecule has 158 valence electrons. The second-order valence-corrected chi connectivity index (χ2v) is 7.67. The van der Waals surface area contributed by atoms with Crippen LogP contribution in [0, 0.1) is 11.8 Å². The first-order valence-corrected chi connectivity index (χ1v) is 10.6. The Hall–Kier alpha value is -2.94. The fourth-order valence-electron chi connectivity index (χ4n) is 3.71. The summed E-state index contributed by atoms with van der Waals surface area (Å²) >= 11 is 0. The Morgan fingerprint density at radius 1 is 0.806 bits per heavy atom. The second-order valence-electron chi connectivity index (χ2n) is 7.67. The first kappa shape index (κ1) is 21.3. The zero-order valence-electron chi connectivity index (χ0n) is 17.4. The summed E-state index contributed by atoms with van der Waals surface area (Å²) in [5, 5.41) is 12.2. The highest BCUT2D eigenvalue weighted by atomic mass is 16.5. The molecule has 0 spiro atoms. The lowest BCUT2D eigenvalue weighted by atomic mass is 10.1. The molecule has 3 aromatic rings. The van der Waals surface area contributed by atoms with Gasteiger partial charge in [0.05, 0.1) is 38.0 Å². The third-order valence-electron chi connectivity index (χ3n) is 5.41. The van der Waals surface area contributed by atoms with E-state index >= 15 is 0 Å². The standard InChI is InChI=1S/C27H27NO3/c29-28-25(17-16-22-10-4-1-5-11-22)18-27(31-20-24-14-8-3-9-15-24)26(28)21-30-19-23-12-6-2-7-13-23/h1-15,25-27,29H,18-21H2/t25-,26-,27+/m0/s1. The van der Waals surface area contributed by atoms with Gasteiger partial charge in [0.1, 0.15) is 0 Å². The average molecular weight is 414 g/mol. The van der Waals surface area contributed by atoms with Gasteiger partial charge in [-0.2, -0.15) is 5.06 Å². The zero-order valence-corrected chi connectivity index (χ0v) is 17.4. The predicted octanol–water partition coefficient (Wildman–Crippen LogP) is 4.67. The van der Waals surface area contributed by atoms with Gasteiger partial charge in [0, 0.05) is 12.0 Å². The van der Waals surface area contributed by atoms with Crippen molar-refractivity contribution in [3.8, 4) is 11.8 Å². The number of nitrogens with zero attached hydrogens (tertiary/aromatic N) is 1. The predicted molar refractivity (Wildman–Crippen MR) is 120 cm³/mol. The minimum atomic E-state index is -0.300. The van der Waals surface area contributed by atoms with E-state index in [2.05, 4.69) is 11.8 Å². The quantitative estimate of drug-likeness (QED) is 0.572. The van der Waals surface area contributed by atoms with Crippen LogP contribution in [0.4, 0.5) is 0 Å². The Balaban J connectivity index is 1.42. The van der Waals surface area contributed by atoms with E-state index in [1.165, 1.54) is 5.06 Å². The summed E-state index contributed by atoms with van der Waals surface area (Å²) in [7, 11) is 0. The van der Waals surface area contributed by atoms with Crippen LogP contribution >= 0.6 is 0 Å². The third kappa shape index (κ3) is 6.04. The minimum Gasteiger partial charge on any atom is -0.375 e.